The third-order valence-electron chi connectivity index (χ3n) is 4.40. The van der Waals surface area contributed by atoms with Gasteiger partial charge in [-0.15, -0.1) is 0 Å². The fraction of sp³-hybridized carbons (Fsp3) is 1.00. The normalized spacial score (nSPS) is 29.7. The minimum Gasteiger partial charge on any atom is -0.394 e. The minimum absolute atomic E-state index is 0.163. The second kappa shape index (κ2) is 7.02. The molecular formula is C15H33N3O. The van der Waals surface area contributed by atoms with E-state index < -0.39 is 0 Å². The molecule has 0 radical (unpaired) electrons. The van der Waals surface area contributed by atoms with Crippen molar-refractivity contribution in [1.82, 2.24) is 15.1 Å². The summed E-state index contributed by atoms with van der Waals surface area (Å²) >= 11 is 0. The minimum atomic E-state index is -0.163. The smallest absolute Gasteiger partial charge is 0.0611 e. The summed E-state index contributed by atoms with van der Waals surface area (Å²) in [6.07, 6.45) is 0.991. The summed E-state index contributed by atoms with van der Waals surface area (Å²) in [7, 11) is 2.21. The number of piperazine rings is 1. The van der Waals surface area contributed by atoms with Crippen LogP contribution >= 0.6 is 0 Å². The Bertz CT molecular complexity index is 260. The molecule has 0 aromatic carbocycles. The van der Waals surface area contributed by atoms with E-state index in [-0.39, 0.29) is 12.1 Å². The van der Waals surface area contributed by atoms with Crippen LogP contribution in [0.2, 0.25) is 0 Å². The van der Waals surface area contributed by atoms with E-state index in [9.17, 15) is 5.11 Å². The third kappa shape index (κ3) is 5.03. The lowest BCUT2D eigenvalue weighted by molar-refractivity contribution is 0.0493. The Kier molecular flexibility index (Phi) is 6.24. The van der Waals surface area contributed by atoms with Gasteiger partial charge in [-0.3, -0.25) is 4.90 Å². The van der Waals surface area contributed by atoms with E-state index in [1.807, 2.05) is 0 Å². The van der Waals surface area contributed by atoms with Gasteiger partial charge in [-0.05, 0) is 34.2 Å². The number of aliphatic hydroxyl groups is 1. The molecule has 0 bridgehead atoms. The molecule has 1 fully saturated rings. The van der Waals surface area contributed by atoms with E-state index in [4.69, 9.17) is 0 Å². The molecular weight excluding hydrogens is 238 g/mol. The van der Waals surface area contributed by atoms with Crippen molar-refractivity contribution >= 4 is 0 Å². The maximum atomic E-state index is 9.62. The van der Waals surface area contributed by atoms with E-state index in [2.05, 4.69) is 56.8 Å². The number of rotatable bonds is 6. The van der Waals surface area contributed by atoms with E-state index in [0.29, 0.717) is 18.1 Å². The molecule has 1 aliphatic rings. The van der Waals surface area contributed by atoms with Crippen LogP contribution in [0.25, 0.3) is 0 Å². The summed E-state index contributed by atoms with van der Waals surface area (Å²) in [6, 6.07) is 1.63. The molecule has 0 spiro atoms. The van der Waals surface area contributed by atoms with Crippen LogP contribution < -0.4 is 5.32 Å². The molecule has 3 atom stereocenters. The highest BCUT2D eigenvalue weighted by Gasteiger charge is 2.29. The lowest BCUT2D eigenvalue weighted by Crippen LogP contribution is -2.57. The molecule has 2 N–H and O–H groups in total. The molecule has 0 amide bonds. The number of hydrogen-bond donors (Lipinski definition) is 2. The van der Waals surface area contributed by atoms with Crippen molar-refractivity contribution in [3.63, 3.8) is 0 Å². The maximum absolute atomic E-state index is 9.62. The summed E-state index contributed by atoms with van der Waals surface area (Å²) in [4.78, 5) is 4.99. The van der Waals surface area contributed by atoms with Gasteiger partial charge in [-0.1, -0.05) is 13.8 Å². The molecule has 19 heavy (non-hydrogen) atoms. The molecule has 3 unspecified atom stereocenters. The molecule has 1 heterocycles. The van der Waals surface area contributed by atoms with Crippen LogP contribution in [0.3, 0.4) is 0 Å². The van der Waals surface area contributed by atoms with Crippen molar-refractivity contribution in [2.45, 2.75) is 64.7 Å². The first kappa shape index (κ1) is 16.9. The molecule has 0 saturated carbocycles. The Morgan fingerprint density at radius 1 is 1.26 bits per heavy atom. The zero-order chi connectivity index (χ0) is 14.6. The van der Waals surface area contributed by atoms with Crippen molar-refractivity contribution in [3.8, 4) is 0 Å². The van der Waals surface area contributed by atoms with Gasteiger partial charge >= 0.3 is 0 Å². The molecule has 0 aromatic heterocycles. The predicted octanol–water partition coefficient (Wildman–Crippen LogP) is 1.15. The molecule has 0 aromatic rings. The zero-order valence-corrected chi connectivity index (χ0v) is 13.6. The van der Waals surface area contributed by atoms with Gasteiger partial charge in [0.25, 0.3) is 0 Å². The number of nitrogens with one attached hydrogen (secondary N) is 1. The third-order valence-corrected chi connectivity index (χ3v) is 4.40. The van der Waals surface area contributed by atoms with Crippen LogP contribution in [0.15, 0.2) is 0 Å². The molecule has 4 heteroatoms. The Labute approximate surface area is 119 Å². The summed E-state index contributed by atoms with van der Waals surface area (Å²) in [5, 5.41) is 13.1. The summed E-state index contributed by atoms with van der Waals surface area (Å²) in [6.45, 7) is 14.5. The number of aliphatic hydroxyl groups excluding tert-OH is 1. The Balaban J connectivity index is 2.47. The fourth-order valence-electron chi connectivity index (χ4n) is 3.00. The Morgan fingerprint density at radius 2 is 1.79 bits per heavy atom. The van der Waals surface area contributed by atoms with Crippen molar-refractivity contribution in [2.24, 2.45) is 0 Å². The van der Waals surface area contributed by atoms with E-state index in [0.717, 1.165) is 26.1 Å². The highest BCUT2D eigenvalue weighted by molar-refractivity contribution is 4.88. The van der Waals surface area contributed by atoms with Crippen LogP contribution in [0.1, 0.15) is 41.0 Å². The van der Waals surface area contributed by atoms with Crippen molar-refractivity contribution < 1.29 is 5.11 Å². The average Bonchev–Trinajstić information content (AvgIpc) is 2.32. The lowest BCUT2D eigenvalue weighted by Gasteiger charge is -2.43. The molecule has 114 valence electrons. The molecule has 1 rings (SSSR count). The lowest BCUT2D eigenvalue weighted by atomic mass is 9.96. The topological polar surface area (TPSA) is 38.7 Å². The van der Waals surface area contributed by atoms with Crippen LogP contribution in [0, 0.1) is 0 Å². The molecule has 1 saturated heterocycles. The number of nitrogens with zero attached hydrogens (tertiary/aromatic N) is 2. The van der Waals surface area contributed by atoms with Gasteiger partial charge in [0.2, 0.25) is 0 Å². The first-order valence-corrected chi connectivity index (χ1v) is 7.60. The standard InChI is InChI=1S/C15H33N3O/c1-12(2)16-15(5,11-19)7-8-18-9-13(3)17(6)14(4)10-18/h12-14,16,19H,7-11H2,1-6H3. The number of hydrogen-bond acceptors (Lipinski definition) is 4. The van der Waals surface area contributed by atoms with Gasteiger partial charge < -0.3 is 15.3 Å². The van der Waals surface area contributed by atoms with E-state index >= 15 is 0 Å². The summed E-state index contributed by atoms with van der Waals surface area (Å²) < 4.78 is 0. The highest BCUT2D eigenvalue weighted by atomic mass is 16.3. The van der Waals surface area contributed by atoms with Crippen LogP contribution in [-0.2, 0) is 0 Å². The van der Waals surface area contributed by atoms with Gasteiger partial charge in [-0.2, -0.15) is 0 Å². The van der Waals surface area contributed by atoms with Crippen LogP contribution in [0.5, 0.6) is 0 Å². The predicted molar refractivity (Wildman–Crippen MR) is 81.5 cm³/mol. The zero-order valence-electron chi connectivity index (χ0n) is 13.6. The van der Waals surface area contributed by atoms with Gasteiger partial charge in [0.15, 0.2) is 0 Å². The maximum Gasteiger partial charge on any atom is 0.0611 e. The Morgan fingerprint density at radius 3 is 2.21 bits per heavy atom. The van der Waals surface area contributed by atoms with Crippen molar-refractivity contribution in [2.75, 3.05) is 33.3 Å². The Hall–Kier alpha value is -0.160. The monoisotopic (exact) mass is 271 g/mol. The van der Waals surface area contributed by atoms with Gasteiger partial charge in [0, 0.05) is 43.3 Å². The van der Waals surface area contributed by atoms with Gasteiger partial charge in [0.05, 0.1) is 6.61 Å². The second-order valence-electron chi connectivity index (χ2n) is 6.89. The van der Waals surface area contributed by atoms with Gasteiger partial charge in [0.1, 0.15) is 0 Å². The first-order chi connectivity index (χ1) is 8.77. The van der Waals surface area contributed by atoms with Gasteiger partial charge in [-0.25, -0.2) is 0 Å². The van der Waals surface area contributed by atoms with E-state index in [1.165, 1.54) is 0 Å². The second-order valence-corrected chi connectivity index (χ2v) is 6.89. The molecule has 4 nitrogen and oxygen atoms in total. The highest BCUT2D eigenvalue weighted by Crippen LogP contribution is 2.16. The van der Waals surface area contributed by atoms with E-state index in [1.54, 1.807) is 0 Å². The molecule has 0 aliphatic carbocycles. The summed E-state index contributed by atoms with van der Waals surface area (Å²) in [5.74, 6) is 0. The van der Waals surface area contributed by atoms with Crippen molar-refractivity contribution in [1.29, 1.82) is 0 Å². The molecule has 1 aliphatic heterocycles. The van der Waals surface area contributed by atoms with Crippen LogP contribution in [0.4, 0.5) is 0 Å². The fourth-order valence-corrected chi connectivity index (χ4v) is 3.00. The number of likely N-dealkylation sites (N-methyl/N-ethyl adjacent to an activating group) is 1. The van der Waals surface area contributed by atoms with Crippen LogP contribution in [-0.4, -0.2) is 71.9 Å². The van der Waals surface area contributed by atoms with Crippen molar-refractivity contribution in [3.05, 3.63) is 0 Å². The quantitative estimate of drug-likeness (QED) is 0.760. The average molecular weight is 271 g/mol. The largest absolute Gasteiger partial charge is 0.394 e. The summed E-state index contributed by atoms with van der Waals surface area (Å²) in [5.41, 5.74) is -0.163. The SMILES string of the molecule is CC(C)NC(C)(CO)CCN1CC(C)N(C)C(C)C1. The first-order valence-electron chi connectivity index (χ1n) is 7.60.